The minimum Gasteiger partial charge on any atom is -0.323 e. The molecule has 0 unspecified atom stereocenters. The Morgan fingerprint density at radius 1 is 1.27 bits per heavy atom. The van der Waals surface area contributed by atoms with Crippen LogP contribution >= 0.6 is 23.2 Å². The fourth-order valence-corrected chi connectivity index (χ4v) is 1.10. The van der Waals surface area contributed by atoms with Crippen LogP contribution in [0, 0.1) is 0 Å². The van der Waals surface area contributed by atoms with Gasteiger partial charge in [-0.3, -0.25) is 0 Å². The summed E-state index contributed by atoms with van der Waals surface area (Å²) in [6.45, 7) is 0. The molecule has 0 aliphatic carbocycles. The van der Waals surface area contributed by atoms with Crippen molar-refractivity contribution in [2.24, 2.45) is 5.73 Å². The van der Waals surface area contributed by atoms with Crippen molar-refractivity contribution in [3.63, 3.8) is 0 Å². The average Bonchev–Trinajstić information content (AvgIpc) is 2.05. The first-order chi connectivity index (χ1) is 5.24. The van der Waals surface area contributed by atoms with Gasteiger partial charge in [0.15, 0.2) is 0 Å². The maximum atomic E-state index is 5.69. The van der Waals surface area contributed by atoms with Gasteiger partial charge in [-0.1, -0.05) is 23.7 Å². The van der Waals surface area contributed by atoms with Gasteiger partial charge in [-0.25, -0.2) is 0 Å². The maximum Gasteiger partial charge on any atom is 0.0432 e. The Labute approximate surface area is 76.1 Å². The van der Waals surface area contributed by atoms with E-state index in [4.69, 9.17) is 28.9 Å². The van der Waals surface area contributed by atoms with Crippen molar-refractivity contribution in [1.82, 2.24) is 0 Å². The zero-order valence-electron chi connectivity index (χ0n) is 5.93. The van der Waals surface area contributed by atoms with Crippen molar-refractivity contribution in [2.75, 3.05) is 5.88 Å². The van der Waals surface area contributed by atoms with E-state index in [2.05, 4.69) is 0 Å². The van der Waals surface area contributed by atoms with E-state index in [1.165, 1.54) is 0 Å². The van der Waals surface area contributed by atoms with Crippen molar-refractivity contribution in [3.8, 4) is 0 Å². The highest BCUT2D eigenvalue weighted by molar-refractivity contribution is 6.30. The van der Waals surface area contributed by atoms with Gasteiger partial charge in [-0.05, 0) is 17.7 Å². The molecule has 0 aliphatic rings. The van der Waals surface area contributed by atoms with Crippen molar-refractivity contribution >= 4 is 23.2 Å². The van der Waals surface area contributed by atoms with Crippen LogP contribution in [0.15, 0.2) is 24.3 Å². The summed E-state index contributed by atoms with van der Waals surface area (Å²) >= 11 is 11.3. The van der Waals surface area contributed by atoms with E-state index in [1.54, 1.807) is 0 Å². The number of alkyl halides is 1. The van der Waals surface area contributed by atoms with Crippen LogP contribution in [0.5, 0.6) is 0 Å². The van der Waals surface area contributed by atoms with Gasteiger partial charge in [-0.2, -0.15) is 0 Å². The zero-order chi connectivity index (χ0) is 8.27. The van der Waals surface area contributed by atoms with Gasteiger partial charge in [0.1, 0.15) is 0 Å². The lowest BCUT2D eigenvalue weighted by atomic mass is 10.1. The minimum absolute atomic E-state index is 0.0890. The van der Waals surface area contributed by atoms with Crippen LogP contribution in [-0.4, -0.2) is 5.88 Å². The van der Waals surface area contributed by atoms with Crippen LogP contribution in [0.4, 0.5) is 0 Å². The van der Waals surface area contributed by atoms with E-state index < -0.39 is 0 Å². The summed E-state index contributed by atoms with van der Waals surface area (Å²) in [5.41, 5.74) is 6.69. The molecule has 0 amide bonds. The summed E-state index contributed by atoms with van der Waals surface area (Å²) < 4.78 is 0. The summed E-state index contributed by atoms with van der Waals surface area (Å²) in [5.74, 6) is 0.432. The largest absolute Gasteiger partial charge is 0.323 e. The molecule has 1 atom stereocenters. The van der Waals surface area contributed by atoms with E-state index in [9.17, 15) is 0 Å². The summed E-state index contributed by atoms with van der Waals surface area (Å²) in [7, 11) is 0. The summed E-state index contributed by atoms with van der Waals surface area (Å²) in [4.78, 5) is 0. The molecule has 0 heterocycles. The molecule has 1 rings (SSSR count). The standard InChI is InChI=1S/C8H9Cl2N/c9-5-8(11)6-1-3-7(10)4-2-6/h1-4,8H,5,11H2/t8-/m1/s1. The lowest BCUT2D eigenvalue weighted by Gasteiger charge is -2.06. The molecule has 0 fully saturated rings. The Hall–Kier alpha value is -0.240. The molecule has 2 N–H and O–H groups in total. The third kappa shape index (κ3) is 2.37. The molecule has 0 spiro atoms. The number of hydrogen-bond acceptors (Lipinski definition) is 1. The Morgan fingerprint density at radius 2 is 1.82 bits per heavy atom. The summed E-state index contributed by atoms with van der Waals surface area (Å²) in [5, 5.41) is 0.718. The smallest absolute Gasteiger partial charge is 0.0432 e. The first kappa shape index (κ1) is 8.85. The molecule has 3 heteroatoms. The highest BCUT2D eigenvalue weighted by Crippen LogP contribution is 2.15. The summed E-state index contributed by atoms with van der Waals surface area (Å²) in [6, 6.07) is 7.30. The first-order valence-electron chi connectivity index (χ1n) is 3.31. The lowest BCUT2D eigenvalue weighted by Crippen LogP contribution is -2.10. The van der Waals surface area contributed by atoms with E-state index in [-0.39, 0.29) is 6.04 Å². The Balaban J connectivity index is 2.81. The first-order valence-corrected chi connectivity index (χ1v) is 4.22. The number of nitrogens with two attached hydrogens (primary N) is 1. The van der Waals surface area contributed by atoms with Gasteiger partial charge in [0.2, 0.25) is 0 Å². The molecule has 0 saturated carbocycles. The van der Waals surface area contributed by atoms with Gasteiger partial charge < -0.3 is 5.73 Å². The van der Waals surface area contributed by atoms with Crippen LogP contribution in [0.25, 0.3) is 0 Å². The van der Waals surface area contributed by atoms with Crippen molar-refractivity contribution < 1.29 is 0 Å². The molecular weight excluding hydrogens is 181 g/mol. The predicted molar refractivity (Wildman–Crippen MR) is 49.1 cm³/mol. The Kier molecular flexibility index (Phi) is 3.18. The molecule has 1 aromatic rings. The fraction of sp³-hybridized carbons (Fsp3) is 0.250. The van der Waals surface area contributed by atoms with Gasteiger partial charge in [0, 0.05) is 16.9 Å². The SMILES string of the molecule is N[C@H](CCl)c1ccc(Cl)cc1. The molecule has 11 heavy (non-hydrogen) atoms. The number of rotatable bonds is 2. The van der Waals surface area contributed by atoms with E-state index in [0.717, 1.165) is 10.6 Å². The van der Waals surface area contributed by atoms with Gasteiger partial charge >= 0.3 is 0 Å². The van der Waals surface area contributed by atoms with Gasteiger partial charge in [0.05, 0.1) is 0 Å². The molecular formula is C8H9Cl2N. The molecule has 0 aromatic heterocycles. The molecule has 0 aliphatic heterocycles. The maximum absolute atomic E-state index is 5.69. The quantitative estimate of drug-likeness (QED) is 0.712. The van der Waals surface area contributed by atoms with Crippen molar-refractivity contribution in [2.45, 2.75) is 6.04 Å². The van der Waals surface area contributed by atoms with Gasteiger partial charge in [0.25, 0.3) is 0 Å². The predicted octanol–water partition coefficient (Wildman–Crippen LogP) is 2.58. The average molecular weight is 190 g/mol. The lowest BCUT2D eigenvalue weighted by molar-refractivity contribution is 0.826. The zero-order valence-corrected chi connectivity index (χ0v) is 7.44. The molecule has 1 nitrogen and oxygen atoms in total. The minimum atomic E-state index is -0.0890. The van der Waals surface area contributed by atoms with E-state index in [1.807, 2.05) is 24.3 Å². The fourth-order valence-electron chi connectivity index (χ4n) is 0.799. The number of halogens is 2. The molecule has 0 saturated heterocycles. The monoisotopic (exact) mass is 189 g/mol. The van der Waals surface area contributed by atoms with Crippen LogP contribution in [0.1, 0.15) is 11.6 Å². The third-order valence-corrected chi connectivity index (χ3v) is 2.05. The number of benzene rings is 1. The molecule has 0 radical (unpaired) electrons. The van der Waals surface area contributed by atoms with Crippen molar-refractivity contribution in [3.05, 3.63) is 34.9 Å². The van der Waals surface area contributed by atoms with Gasteiger partial charge in [-0.15, -0.1) is 11.6 Å². The second kappa shape index (κ2) is 3.96. The highest BCUT2D eigenvalue weighted by atomic mass is 35.5. The second-order valence-electron chi connectivity index (χ2n) is 2.31. The molecule has 60 valence electrons. The Morgan fingerprint density at radius 3 is 2.27 bits per heavy atom. The van der Waals surface area contributed by atoms with Crippen LogP contribution in [-0.2, 0) is 0 Å². The molecule has 0 bridgehead atoms. The number of hydrogen-bond donors (Lipinski definition) is 1. The normalized spacial score (nSPS) is 13.0. The topological polar surface area (TPSA) is 26.0 Å². The summed E-state index contributed by atoms with van der Waals surface area (Å²) in [6.07, 6.45) is 0. The highest BCUT2D eigenvalue weighted by Gasteiger charge is 2.02. The van der Waals surface area contributed by atoms with Crippen LogP contribution in [0.3, 0.4) is 0 Å². The van der Waals surface area contributed by atoms with Crippen molar-refractivity contribution in [1.29, 1.82) is 0 Å². The van der Waals surface area contributed by atoms with Crippen LogP contribution in [0.2, 0.25) is 5.02 Å². The Bertz CT molecular complexity index is 220. The third-order valence-electron chi connectivity index (χ3n) is 1.46. The van der Waals surface area contributed by atoms with E-state index in [0.29, 0.717) is 5.88 Å². The molecule has 1 aromatic carbocycles. The van der Waals surface area contributed by atoms with Crippen LogP contribution < -0.4 is 5.73 Å². The van der Waals surface area contributed by atoms with E-state index >= 15 is 0 Å². The second-order valence-corrected chi connectivity index (χ2v) is 3.06.